The third-order valence-corrected chi connectivity index (χ3v) is 5.89. The summed E-state index contributed by atoms with van der Waals surface area (Å²) in [6, 6.07) is 14.9. The Morgan fingerprint density at radius 1 is 1.18 bits per heavy atom. The van der Waals surface area contributed by atoms with Gasteiger partial charge in [-0.15, -0.1) is 11.6 Å². The van der Waals surface area contributed by atoms with Crippen molar-refractivity contribution in [2.45, 2.75) is 6.92 Å². The summed E-state index contributed by atoms with van der Waals surface area (Å²) in [4.78, 5) is 30.0. The van der Waals surface area contributed by atoms with Crippen LogP contribution >= 0.6 is 11.6 Å². The number of carbonyl (C=O) groups is 1. The molecule has 8 heteroatoms. The molecule has 5 rings (SSSR count). The van der Waals surface area contributed by atoms with Crippen LogP contribution < -0.4 is 21.3 Å². The Labute approximate surface area is 200 Å². The zero-order chi connectivity index (χ0) is 23.7. The van der Waals surface area contributed by atoms with Gasteiger partial charge in [-0.25, -0.2) is 5.43 Å². The molecule has 3 heterocycles. The molecular formula is C26H22ClN5O2. The molecule has 1 amide bonds. The fourth-order valence-corrected chi connectivity index (χ4v) is 4.14. The highest BCUT2D eigenvalue weighted by atomic mass is 35.5. The number of carbonyl (C=O) groups excluding carboxylic acids is 1. The number of nitrogens with zero attached hydrogens (tertiary/aromatic N) is 3. The SMILES string of the molecule is Cc1ccc(-n2c(=O)ccc3cnc4ccc(N5C=CCN5)cc4c32)cc1NC(=O)/C=C/CCl. The van der Waals surface area contributed by atoms with Gasteiger partial charge in [0.15, 0.2) is 0 Å². The molecule has 0 atom stereocenters. The van der Waals surface area contributed by atoms with E-state index in [0.29, 0.717) is 11.4 Å². The monoisotopic (exact) mass is 471 g/mol. The second-order valence-electron chi connectivity index (χ2n) is 7.93. The molecule has 2 aromatic heterocycles. The predicted molar refractivity (Wildman–Crippen MR) is 138 cm³/mol. The second kappa shape index (κ2) is 9.13. The highest BCUT2D eigenvalue weighted by Gasteiger charge is 2.14. The van der Waals surface area contributed by atoms with E-state index < -0.39 is 0 Å². The standard InChI is InChI=1S/C26H22ClN5O2/c1-17-5-7-20(15-23(17)30-24(33)4-2-11-27)32-25(34)10-6-18-16-28-22-9-8-19(14-21(22)26(18)32)31-13-3-12-29-31/h2-10,13-16,29H,11-12H2,1H3,(H,30,33)/b4-2+. The number of hydrazine groups is 1. The van der Waals surface area contributed by atoms with Gasteiger partial charge in [-0.05, 0) is 48.9 Å². The van der Waals surface area contributed by atoms with E-state index in [9.17, 15) is 9.59 Å². The lowest BCUT2D eigenvalue weighted by atomic mass is 10.1. The zero-order valence-corrected chi connectivity index (χ0v) is 19.2. The Bertz CT molecular complexity index is 1540. The van der Waals surface area contributed by atoms with Crippen molar-refractivity contribution >= 4 is 50.7 Å². The predicted octanol–water partition coefficient (Wildman–Crippen LogP) is 4.42. The number of aryl methyl sites for hydroxylation is 1. The van der Waals surface area contributed by atoms with Crippen molar-refractivity contribution in [3.8, 4) is 5.69 Å². The summed E-state index contributed by atoms with van der Waals surface area (Å²) in [5.74, 6) is -0.0273. The summed E-state index contributed by atoms with van der Waals surface area (Å²) >= 11 is 5.64. The number of anilines is 2. The second-order valence-corrected chi connectivity index (χ2v) is 8.24. The van der Waals surface area contributed by atoms with Crippen molar-refractivity contribution in [1.29, 1.82) is 0 Å². The summed E-state index contributed by atoms with van der Waals surface area (Å²) in [5.41, 5.74) is 7.73. The number of aromatic nitrogens is 2. The van der Waals surface area contributed by atoms with Gasteiger partial charge in [0.1, 0.15) is 0 Å². The molecule has 34 heavy (non-hydrogen) atoms. The van der Waals surface area contributed by atoms with Crippen LogP contribution in [0.1, 0.15) is 5.56 Å². The number of halogens is 1. The van der Waals surface area contributed by atoms with Crippen molar-refractivity contribution < 1.29 is 4.79 Å². The molecule has 1 aliphatic heterocycles. The molecule has 0 bridgehead atoms. The van der Waals surface area contributed by atoms with Crippen LogP contribution in [0.15, 0.2) is 84.0 Å². The first-order chi connectivity index (χ1) is 16.5. The van der Waals surface area contributed by atoms with Gasteiger partial charge in [0.05, 0.1) is 22.4 Å². The molecule has 0 fully saturated rings. The van der Waals surface area contributed by atoms with Gasteiger partial charge in [-0.3, -0.25) is 24.1 Å². The molecule has 0 saturated carbocycles. The number of allylic oxidation sites excluding steroid dienone is 1. The molecule has 0 saturated heterocycles. The number of fused-ring (bicyclic) bond motifs is 3. The fraction of sp³-hybridized carbons (Fsp3) is 0.115. The van der Waals surface area contributed by atoms with Gasteiger partial charge >= 0.3 is 0 Å². The molecule has 1 aliphatic rings. The Kier molecular flexibility index (Phi) is 5.88. The van der Waals surface area contributed by atoms with Gasteiger partial charge in [-0.1, -0.05) is 18.2 Å². The Balaban J connectivity index is 1.71. The highest BCUT2D eigenvalue weighted by Crippen LogP contribution is 2.29. The fourth-order valence-electron chi connectivity index (χ4n) is 4.05. The van der Waals surface area contributed by atoms with E-state index in [1.807, 2.05) is 60.6 Å². The molecule has 170 valence electrons. The van der Waals surface area contributed by atoms with Crippen LogP contribution in [-0.2, 0) is 4.79 Å². The minimum absolute atomic E-state index is 0.173. The molecule has 2 aromatic carbocycles. The summed E-state index contributed by atoms with van der Waals surface area (Å²) < 4.78 is 1.67. The van der Waals surface area contributed by atoms with Crippen molar-refractivity contribution in [2.24, 2.45) is 0 Å². The van der Waals surface area contributed by atoms with Gasteiger partial charge < -0.3 is 5.32 Å². The molecule has 2 N–H and O–H groups in total. The van der Waals surface area contributed by atoms with E-state index in [4.69, 9.17) is 11.6 Å². The largest absolute Gasteiger partial charge is 0.322 e. The third-order valence-electron chi connectivity index (χ3n) is 5.71. The summed E-state index contributed by atoms with van der Waals surface area (Å²) in [7, 11) is 0. The van der Waals surface area contributed by atoms with Crippen LogP contribution in [0.25, 0.3) is 27.5 Å². The summed E-state index contributed by atoms with van der Waals surface area (Å²) in [5, 5.41) is 6.50. The molecule has 0 aliphatic carbocycles. The topological polar surface area (TPSA) is 79.3 Å². The van der Waals surface area contributed by atoms with Crippen LogP contribution in [0.5, 0.6) is 0 Å². The lowest BCUT2D eigenvalue weighted by Gasteiger charge is -2.18. The van der Waals surface area contributed by atoms with E-state index >= 15 is 0 Å². The first-order valence-electron chi connectivity index (χ1n) is 10.8. The zero-order valence-electron chi connectivity index (χ0n) is 18.5. The third kappa shape index (κ3) is 4.07. The van der Waals surface area contributed by atoms with Crippen LogP contribution in [-0.4, -0.2) is 27.9 Å². The number of nitrogens with one attached hydrogen (secondary N) is 2. The summed E-state index contributed by atoms with van der Waals surface area (Å²) in [6.07, 6.45) is 8.75. The van der Waals surface area contributed by atoms with E-state index in [2.05, 4.69) is 15.7 Å². The summed E-state index contributed by atoms with van der Waals surface area (Å²) in [6.45, 7) is 2.66. The molecule has 0 spiro atoms. The quantitative estimate of drug-likeness (QED) is 0.256. The maximum atomic E-state index is 13.2. The maximum absolute atomic E-state index is 13.2. The smallest absolute Gasteiger partial charge is 0.255 e. The van der Waals surface area contributed by atoms with Crippen molar-refractivity contribution in [3.63, 3.8) is 0 Å². The van der Waals surface area contributed by atoms with Crippen LogP contribution in [0, 0.1) is 6.92 Å². The van der Waals surface area contributed by atoms with Gasteiger partial charge in [0.2, 0.25) is 5.91 Å². The first kappa shape index (κ1) is 21.9. The van der Waals surface area contributed by atoms with Crippen molar-refractivity contribution in [2.75, 3.05) is 22.8 Å². The number of rotatable bonds is 5. The number of alkyl halides is 1. The molecule has 4 aromatic rings. The average molecular weight is 472 g/mol. The Morgan fingerprint density at radius 3 is 2.82 bits per heavy atom. The van der Waals surface area contributed by atoms with Crippen LogP contribution in [0.3, 0.4) is 0 Å². The minimum atomic E-state index is -0.281. The minimum Gasteiger partial charge on any atom is -0.322 e. The maximum Gasteiger partial charge on any atom is 0.255 e. The molecule has 7 nitrogen and oxygen atoms in total. The van der Waals surface area contributed by atoms with Crippen LogP contribution in [0.2, 0.25) is 0 Å². The number of amides is 1. The van der Waals surface area contributed by atoms with Gasteiger partial charge in [-0.2, -0.15) is 0 Å². The Morgan fingerprint density at radius 2 is 2.03 bits per heavy atom. The number of benzene rings is 2. The van der Waals surface area contributed by atoms with E-state index in [-0.39, 0.29) is 17.3 Å². The van der Waals surface area contributed by atoms with Gasteiger partial charge in [0.25, 0.3) is 5.56 Å². The van der Waals surface area contributed by atoms with E-state index in [1.54, 1.807) is 22.9 Å². The van der Waals surface area contributed by atoms with Crippen molar-refractivity contribution in [3.05, 3.63) is 95.1 Å². The number of hydrogen-bond donors (Lipinski definition) is 2. The lowest BCUT2D eigenvalue weighted by molar-refractivity contribution is -0.111. The number of pyridine rings is 2. The number of hydrogen-bond acceptors (Lipinski definition) is 5. The van der Waals surface area contributed by atoms with Crippen molar-refractivity contribution in [1.82, 2.24) is 15.0 Å². The van der Waals surface area contributed by atoms with Gasteiger partial charge in [0, 0.05) is 53.4 Å². The first-order valence-corrected chi connectivity index (χ1v) is 11.4. The van der Waals surface area contributed by atoms with E-state index in [1.165, 1.54) is 12.1 Å². The van der Waals surface area contributed by atoms with E-state index in [0.717, 1.165) is 39.6 Å². The molecular weight excluding hydrogens is 450 g/mol. The molecule has 0 unspecified atom stereocenters. The average Bonchev–Trinajstić information content (AvgIpc) is 3.39. The normalized spacial score (nSPS) is 13.4. The van der Waals surface area contributed by atoms with Crippen LogP contribution in [0.4, 0.5) is 11.4 Å². The lowest BCUT2D eigenvalue weighted by Crippen LogP contribution is -2.28. The Hall–Kier alpha value is -3.94. The molecule has 0 radical (unpaired) electrons. The highest BCUT2D eigenvalue weighted by molar-refractivity contribution is 6.19.